The number of anilines is 3. The second-order valence-electron chi connectivity index (χ2n) is 7.82. The maximum Gasteiger partial charge on any atom is 0.418 e. The number of amides is 1. The molecule has 35 heavy (non-hydrogen) atoms. The van der Waals surface area contributed by atoms with Crippen LogP contribution >= 0.6 is 0 Å². The molecule has 1 aliphatic carbocycles. The first kappa shape index (κ1) is 24.5. The number of carbonyl (C=O) groups excluding carboxylic acids is 1. The molecule has 10 nitrogen and oxygen atoms in total. The average Bonchev–Trinajstić information content (AvgIpc) is 3.60. The lowest BCUT2D eigenvalue weighted by molar-refractivity contribution is -0.216. The minimum absolute atomic E-state index is 0.0257. The number of halogens is 3. The Morgan fingerprint density at radius 1 is 1.23 bits per heavy atom. The van der Waals surface area contributed by atoms with Gasteiger partial charge in [0, 0.05) is 38.0 Å². The summed E-state index contributed by atoms with van der Waals surface area (Å²) in [6, 6.07) is 2.80. The molecule has 1 fully saturated rings. The Morgan fingerprint density at radius 2 is 2.00 bits per heavy atom. The van der Waals surface area contributed by atoms with Gasteiger partial charge in [-0.3, -0.25) is 4.79 Å². The lowest BCUT2D eigenvalue weighted by Crippen LogP contribution is -2.23. The molecule has 1 atom stereocenters. The van der Waals surface area contributed by atoms with E-state index < -0.39 is 12.3 Å². The highest BCUT2D eigenvalue weighted by Gasteiger charge is 2.43. The third-order valence-corrected chi connectivity index (χ3v) is 5.36. The summed E-state index contributed by atoms with van der Waals surface area (Å²) in [5.74, 6) is 0.356. The Kier molecular flexibility index (Phi) is 6.98. The molecule has 1 saturated carbocycles. The van der Waals surface area contributed by atoms with Crippen molar-refractivity contribution >= 4 is 28.6 Å². The lowest BCUT2D eigenvalue weighted by Gasteiger charge is -2.22. The number of rotatable bonds is 10. The smallest absolute Gasteiger partial charge is 0.418 e. The first-order chi connectivity index (χ1) is 16.8. The fourth-order valence-electron chi connectivity index (χ4n) is 3.58. The molecule has 0 bridgehead atoms. The van der Waals surface area contributed by atoms with Gasteiger partial charge in [-0.05, 0) is 18.9 Å². The second-order valence-corrected chi connectivity index (χ2v) is 7.82. The van der Waals surface area contributed by atoms with E-state index in [0.717, 1.165) is 20.0 Å². The third-order valence-electron chi connectivity index (χ3n) is 5.36. The van der Waals surface area contributed by atoms with Crippen LogP contribution in [0.3, 0.4) is 0 Å². The van der Waals surface area contributed by atoms with Crippen molar-refractivity contribution in [2.24, 2.45) is 5.92 Å². The first-order valence-electron chi connectivity index (χ1n) is 10.6. The van der Waals surface area contributed by atoms with E-state index in [-0.39, 0.29) is 47.0 Å². The largest absolute Gasteiger partial charge is 0.494 e. The summed E-state index contributed by atoms with van der Waals surface area (Å²) in [6.45, 7) is -0.0759. The van der Waals surface area contributed by atoms with Crippen molar-refractivity contribution in [2.75, 3.05) is 38.8 Å². The van der Waals surface area contributed by atoms with Gasteiger partial charge in [0.05, 0.1) is 30.9 Å². The van der Waals surface area contributed by atoms with Crippen LogP contribution in [0.25, 0.3) is 5.52 Å². The molecule has 0 aromatic carbocycles. The van der Waals surface area contributed by atoms with E-state index in [0.29, 0.717) is 11.4 Å². The van der Waals surface area contributed by atoms with Crippen LogP contribution in [0.15, 0.2) is 30.7 Å². The van der Waals surface area contributed by atoms with Crippen molar-refractivity contribution in [3.8, 4) is 11.5 Å². The molecule has 2 N–H and O–H groups in total. The number of fused-ring (bicyclic) bond motifs is 1. The predicted molar refractivity (Wildman–Crippen MR) is 119 cm³/mol. The zero-order valence-electron chi connectivity index (χ0n) is 19.2. The molecule has 1 amide bonds. The van der Waals surface area contributed by atoms with Crippen molar-refractivity contribution in [1.82, 2.24) is 14.6 Å². The summed E-state index contributed by atoms with van der Waals surface area (Å²) in [4.78, 5) is 16.4. The fourth-order valence-corrected chi connectivity index (χ4v) is 3.58. The number of hydrogen-bond acceptors (Lipinski definition) is 8. The average molecular weight is 495 g/mol. The van der Waals surface area contributed by atoms with Crippen molar-refractivity contribution in [1.29, 1.82) is 0 Å². The number of alkyl halides is 3. The normalized spacial score (nSPS) is 14.6. The minimum atomic E-state index is -4.66. The Hall–Kier alpha value is -3.58. The molecule has 0 radical (unpaired) electrons. The van der Waals surface area contributed by atoms with Gasteiger partial charge in [-0.1, -0.05) is 0 Å². The van der Waals surface area contributed by atoms with Gasteiger partial charge >= 0.3 is 6.18 Å². The summed E-state index contributed by atoms with van der Waals surface area (Å²) in [5, 5.41) is 10.1. The Bertz CT molecular complexity index is 1210. The topological polar surface area (TPSA) is 108 Å². The zero-order chi connectivity index (χ0) is 25.2. The standard InChI is InChI=1S/C22H24F3N5O5/c1-32-11-35-16-10-26-17(29-21(31)12-4-5-12)8-14(16)28-15-9-27-30-7-6-13(19(33-2)18(15)30)20(34-3)22(23,24)25/h6-10,12,20H,4-5,11H2,1-3H3,(H2,26,28,29,31)/t20-/m0/s1. The number of nitrogens with zero attached hydrogens (tertiary/aromatic N) is 3. The van der Waals surface area contributed by atoms with Crippen molar-refractivity contribution < 1.29 is 36.9 Å². The number of carbonyl (C=O) groups is 1. The molecular weight excluding hydrogens is 471 g/mol. The second kappa shape index (κ2) is 9.96. The van der Waals surface area contributed by atoms with Crippen molar-refractivity contribution in [2.45, 2.75) is 25.1 Å². The molecular formula is C22H24F3N5O5. The highest BCUT2D eigenvalue weighted by molar-refractivity contribution is 5.94. The molecule has 0 spiro atoms. The monoisotopic (exact) mass is 495 g/mol. The van der Waals surface area contributed by atoms with E-state index in [2.05, 4.69) is 20.7 Å². The van der Waals surface area contributed by atoms with Crippen LogP contribution in [0, 0.1) is 5.92 Å². The van der Waals surface area contributed by atoms with Gasteiger partial charge in [-0.2, -0.15) is 18.3 Å². The molecule has 3 heterocycles. The van der Waals surface area contributed by atoms with Crippen LogP contribution < -0.4 is 20.1 Å². The van der Waals surface area contributed by atoms with Gasteiger partial charge in [-0.25, -0.2) is 9.50 Å². The summed E-state index contributed by atoms with van der Waals surface area (Å²) >= 11 is 0. The summed E-state index contributed by atoms with van der Waals surface area (Å²) in [6.07, 6.45) is -0.978. The lowest BCUT2D eigenvalue weighted by atomic mass is 10.1. The molecule has 1 aliphatic rings. The van der Waals surface area contributed by atoms with Gasteiger partial charge in [0.25, 0.3) is 0 Å². The Morgan fingerprint density at radius 3 is 2.63 bits per heavy atom. The molecule has 3 aromatic heterocycles. The van der Waals surface area contributed by atoms with Gasteiger partial charge in [-0.15, -0.1) is 0 Å². The van der Waals surface area contributed by atoms with Gasteiger partial charge in [0.1, 0.15) is 11.3 Å². The maximum atomic E-state index is 13.6. The van der Waals surface area contributed by atoms with E-state index in [4.69, 9.17) is 18.9 Å². The minimum Gasteiger partial charge on any atom is -0.494 e. The number of nitrogens with one attached hydrogen (secondary N) is 2. The van der Waals surface area contributed by atoms with E-state index in [1.807, 2.05) is 0 Å². The first-order valence-corrected chi connectivity index (χ1v) is 10.6. The van der Waals surface area contributed by atoms with Crippen LogP contribution in [-0.2, 0) is 14.3 Å². The van der Waals surface area contributed by atoms with Crippen LogP contribution in [-0.4, -0.2) is 54.8 Å². The quantitative estimate of drug-likeness (QED) is 0.406. The molecule has 4 rings (SSSR count). The van der Waals surface area contributed by atoms with E-state index in [1.54, 1.807) is 6.07 Å². The van der Waals surface area contributed by atoms with Crippen molar-refractivity contribution in [3.63, 3.8) is 0 Å². The van der Waals surface area contributed by atoms with Gasteiger partial charge in [0.15, 0.2) is 24.4 Å². The SMILES string of the molecule is COCOc1cnc(NC(=O)C2CC2)cc1Nc1cnn2ccc([C@H](OC)C(F)(F)F)c(OC)c12. The van der Waals surface area contributed by atoms with Crippen LogP contribution in [0.5, 0.6) is 11.5 Å². The number of pyridine rings is 2. The van der Waals surface area contributed by atoms with E-state index in [1.165, 1.54) is 43.4 Å². The maximum absolute atomic E-state index is 13.6. The summed E-state index contributed by atoms with van der Waals surface area (Å²) in [7, 11) is 3.70. The highest BCUT2D eigenvalue weighted by Crippen LogP contribution is 2.43. The number of aromatic nitrogens is 3. The molecule has 0 unspecified atom stereocenters. The predicted octanol–water partition coefficient (Wildman–Crippen LogP) is 4.06. The van der Waals surface area contributed by atoms with Crippen LogP contribution in [0.2, 0.25) is 0 Å². The number of methoxy groups -OCH3 is 3. The third kappa shape index (κ3) is 5.25. The fraction of sp³-hybridized carbons (Fsp3) is 0.409. The highest BCUT2D eigenvalue weighted by atomic mass is 19.4. The Balaban J connectivity index is 1.75. The van der Waals surface area contributed by atoms with Crippen LogP contribution in [0.1, 0.15) is 24.5 Å². The zero-order valence-corrected chi connectivity index (χ0v) is 19.2. The van der Waals surface area contributed by atoms with Gasteiger partial charge in [0.2, 0.25) is 5.91 Å². The Labute approximate surface area is 198 Å². The number of hydrogen-bond donors (Lipinski definition) is 2. The van der Waals surface area contributed by atoms with E-state index >= 15 is 0 Å². The van der Waals surface area contributed by atoms with Crippen molar-refractivity contribution in [3.05, 3.63) is 36.3 Å². The van der Waals surface area contributed by atoms with Gasteiger partial charge < -0.3 is 29.6 Å². The number of ether oxygens (including phenoxy) is 4. The molecule has 188 valence electrons. The summed E-state index contributed by atoms with van der Waals surface area (Å²) < 4.78 is 62.8. The van der Waals surface area contributed by atoms with E-state index in [9.17, 15) is 18.0 Å². The molecule has 3 aromatic rings. The molecule has 0 saturated heterocycles. The van der Waals surface area contributed by atoms with Crippen LogP contribution in [0.4, 0.5) is 30.4 Å². The molecule has 0 aliphatic heterocycles. The summed E-state index contributed by atoms with van der Waals surface area (Å²) in [5.41, 5.74) is 0.745. The molecule has 13 heteroatoms.